The van der Waals surface area contributed by atoms with Crippen LogP contribution >= 0.6 is 11.6 Å². The molecule has 0 radical (unpaired) electrons. The van der Waals surface area contributed by atoms with Gasteiger partial charge in [0.25, 0.3) is 0 Å². The maximum absolute atomic E-state index is 12.4. The second kappa shape index (κ2) is 9.41. The number of rotatable bonds is 7. The summed E-state index contributed by atoms with van der Waals surface area (Å²) in [6, 6.07) is 13.4. The molecule has 0 aromatic heterocycles. The van der Waals surface area contributed by atoms with Crippen molar-refractivity contribution in [3.8, 4) is 0 Å². The minimum absolute atomic E-state index is 0.0491. The summed E-state index contributed by atoms with van der Waals surface area (Å²) in [5, 5.41) is 6.10. The third-order valence-electron chi connectivity index (χ3n) is 4.71. The lowest BCUT2D eigenvalue weighted by atomic mass is 10.1. The van der Waals surface area contributed by atoms with Gasteiger partial charge in [-0.2, -0.15) is 0 Å². The van der Waals surface area contributed by atoms with Crippen LogP contribution in [0.1, 0.15) is 31.2 Å². The lowest BCUT2D eigenvalue weighted by Crippen LogP contribution is -2.32. The van der Waals surface area contributed by atoms with Crippen LogP contribution in [0.25, 0.3) is 0 Å². The van der Waals surface area contributed by atoms with Crippen molar-refractivity contribution in [3.63, 3.8) is 0 Å². The van der Waals surface area contributed by atoms with Gasteiger partial charge in [0.2, 0.25) is 10.0 Å². The molecule has 0 bridgehead atoms. The lowest BCUT2D eigenvalue weighted by Gasteiger charge is -2.13. The van der Waals surface area contributed by atoms with Gasteiger partial charge in [0.1, 0.15) is 0 Å². The van der Waals surface area contributed by atoms with Gasteiger partial charge in [-0.25, -0.2) is 17.9 Å². The SMILES string of the molecule is O=C(NCCc1ccc(S(=O)(=O)NC2CCCC2)cc1)Nc1ccc(Cl)cc1. The molecule has 1 aliphatic carbocycles. The standard InChI is InChI=1S/C20H24ClN3O3S/c21-16-7-9-17(10-8-16)23-20(25)22-14-13-15-5-11-19(12-6-15)28(26,27)24-18-3-1-2-4-18/h5-12,18,24H,1-4,13-14H2,(H2,22,23,25). The summed E-state index contributed by atoms with van der Waals surface area (Å²) in [5.74, 6) is 0. The minimum Gasteiger partial charge on any atom is -0.338 e. The van der Waals surface area contributed by atoms with E-state index in [1.807, 2.05) is 0 Å². The number of urea groups is 1. The summed E-state index contributed by atoms with van der Waals surface area (Å²) in [6.45, 7) is 0.436. The molecule has 2 aromatic carbocycles. The summed E-state index contributed by atoms with van der Waals surface area (Å²) in [4.78, 5) is 12.2. The molecular formula is C20H24ClN3O3S. The van der Waals surface area contributed by atoms with Gasteiger partial charge < -0.3 is 10.6 Å². The highest BCUT2D eigenvalue weighted by Crippen LogP contribution is 2.20. The summed E-state index contributed by atoms with van der Waals surface area (Å²) < 4.78 is 27.6. The van der Waals surface area contributed by atoms with Crippen molar-refractivity contribution in [2.75, 3.05) is 11.9 Å². The Morgan fingerprint density at radius 2 is 1.64 bits per heavy atom. The Morgan fingerprint density at radius 3 is 2.29 bits per heavy atom. The van der Waals surface area contributed by atoms with Crippen LogP contribution in [-0.2, 0) is 16.4 Å². The van der Waals surface area contributed by atoms with Gasteiger partial charge in [0.05, 0.1) is 4.90 Å². The number of hydrogen-bond acceptors (Lipinski definition) is 3. The van der Waals surface area contributed by atoms with Gasteiger partial charge in [-0.15, -0.1) is 0 Å². The summed E-state index contributed by atoms with van der Waals surface area (Å²) in [5.41, 5.74) is 1.61. The van der Waals surface area contributed by atoms with E-state index >= 15 is 0 Å². The fraction of sp³-hybridized carbons (Fsp3) is 0.350. The van der Waals surface area contributed by atoms with Gasteiger partial charge in [-0.3, -0.25) is 0 Å². The number of hydrogen-bond donors (Lipinski definition) is 3. The molecule has 0 saturated heterocycles. The van der Waals surface area contributed by atoms with Crippen molar-refractivity contribution in [3.05, 3.63) is 59.1 Å². The Bertz CT molecular complexity index is 893. The van der Waals surface area contributed by atoms with E-state index in [-0.39, 0.29) is 17.0 Å². The Balaban J connectivity index is 1.46. The molecule has 150 valence electrons. The zero-order valence-electron chi connectivity index (χ0n) is 15.4. The second-order valence-electron chi connectivity index (χ2n) is 6.88. The molecule has 1 fully saturated rings. The maximum atomic E-state index is 12.4. The summed E-state index contributed by atoms with van der Waals surface area (Å²) in [6.07, 6.45) is 4.56. The van der Waals surface area contributed by atoms with Crippen LogP contribution < -0.4 is 15.4 Å². The summed E-state index contributed by atoms with van der Waals surface area (Å²) in [7, 11) is -3.47. The molecular weight excluding hydrogens is 398 g/mol. The highest BCUT2D eigenvalue weighted by molar-refractivity contribution is 7.89. The van der Waals surface area contributed by atoms with Gasteiger partial charge >= 0.3 is 6.03 Å². The molecule has 0 spiro atoms. The van der Waals surface area contributed by atoms with Crippen LogP contribution in [0.15, 0.2) is 53.4 Å². The van der Waals surface area contributed by atoms with Crippen molar-refractivity contribution in [2.45, 2.75) is 43.0 Å². The number of halogens is 1. The zero-order valence-corrected chi connectivity index (χ0v) is 17.0. The third kappa shape index (κ3) is 5.95. The van der Waals surface area contributed by atoms with Gasteiger partial charge in [0.15, 0.2) is 0 Å². The van der Waals surface area contributed by atoms with Crippen molar-refractivity contribution in [1.82, 2.24) is 10.0 Å². The van der Waals surface area contributed by atoms with E-state index in [2.05, 4.69) is 15.4 Å². The molecule has 0 aliphatic heterocycles. The molecule has 1 saturated carbocycles. The zero-order chi connectivity index (χ0) is 20.0. The molecule has 2 aromatic rings. The van der Waals surface area contributed by atoms with Crippen molar-refractivity contribution in [2.24, 2.45) is 0 Å². The minimum atomic E-state index is -3.47. The van der Waals surface area contributed by atoms with Crippen LogP contribution in [0.4, 0.5) is 10.5 Å². The van der Waals surface area contributed by atoms with E-state index in [9.17, 15) is 13.2 Å². The van der Waals surface area contributed by atoms with Crippen molar-refractivity contribution < 1.29 is 13.2 Å². The molecule has 3 N–H and O–H groups in total. The van der Waals surface area contributed by atoms with Crippen molar-refractivity contribution >= 4 is 33.3 Å². The van der Waals surface area contributed by atoms with E-state index < -0.39 is 10.0 Å². The van der Waals surface area contributed by atoms with Crippen LogP contribution in [0.2, 0.25) is 5.02 Å². The monoisotopic (exact) mass is 421 g/mol. The second-order valence-corrected chi connectivity index (χ2v) is 9.03. The quantitative estimate of drug-likeness (QED) is 0.633. The number of anilines is 1. The summed E-state index contributed by atoms with van der Waals surface area (Å²) >= 11 is 5.81. The van der Waals surface area contributed by atoms with Crippen molar-refractivity contribution in [1.29, 1.82) is 0 Å². The number of carbonyl (C=O) groups is 1. The van der Waals surface area contributed by atoms with E-state index in [4.69, 9.17) is 11.6 Å². The topological polar surface area (TPSA) is 87.3 Å². The molecule has 2 amide bonds. The first-order valence-corrected chi connectivity index (χ1v) is 11.2. The van der Waals surface area contributed by atoms with E-state index in [1.165, 1.54) is 0 Å². The normalized spacial score (nSPS) is 14.8. The smallest absolute Gasteiger partial charge is 0.319 e. The number of benzene rings is 2. The van der Waals surface area contributed by atoms with Crippen LogP contribution in [0.5, 0.6) is 0 Å². The number of carbonyl (C=O) groups excluding carboxylic acids is 1. The highest BCUT2D eigenvalue weighted by atomic mass is 35.5. The largest absolute Gasteiger partial charge is 0.338 e. The fourth-order valence-corrected chi connectivity index (χ4v) is 4.63. The predicted octanol–water partition coefficient (Wildman–Crippen LogP) is 3.93. The van der Waals surface area contributed by atoms with Gasteiger partial charge in [-0.05, 0) is 61.2 Å². The first-order chi connectivity index (χ1) is 13.4. The average Bonchev–Trinajstić information content (AvgIpc) is 3.16. The van der Waals surface area contributed by atoms with Gasteiger partial charge in [0, 0.05) is 23.3 Å². The maximum Gasteiger partial charge on any atom is 0.319 e. The molecule has 6 nitrogen and oxygen atoms in total. The van der Waals surface area contributed by atoms with E-state index in [0.29, 0.717) is 23.7 Å². The molecule has 0 unspecified atom stereocenters. The van der Waals surface area contributed by atoms with Gasteiger partial charge in [-0.1, -0.05) is 36.6 Å². The molecule has 8 heteroatoms. The lowest BCUT2D eigenvalue weighted by molar-refractivity contribution is 0.252. The Morgan fingerprint density at radius 1 is 1.00 bits per heavy atom. The Hall–Kier alpha value is -2.09. The van der Waals surface area contributed by atoms with Crippen LogP contribution in [0.3, 0.4) is 0 Å². The molecule has 0 atom stereocenters. The molecule has 1 aliphatic rings. The van der Waals surface area contributed by atoms with E-state index in [1.54, 1.807) is 48.5 Å². The number of amides is 2. The Labute approximate surface area is 170 Å². The molecule has 3 rings (SSSR count). The number of sulfonamides is 1. The van der Waals surface area contributed by atoms with E-state index in [0.717, 1.165) is 31.2 Å². The first-order valence-electron chi connectivity index (χ1n) is 9.34. The number of nitrogens with one attached hydrogen (secondary N) is 3. The first kappa shape index (κ1) is 20.6. The molecule has 0 heterocycles. The Kier molecular flexibility index (Phi) is 6.93. The van der Waals surface area contributed by atoms with Crippen LogP contribution in [-0.4, -0.2) is 27.0 Å². The predicted molar refractivity (Wildman–Crippen MR) is 111 cm³/mol. The molecule has 28 heavy (non-hydrogen) atoms. The highest BCUT2D eigenvalue weighted by Gasteiger charge is 2.22. The van der Waals surface area contributed by atoms with Crippen LogP contribution in [0, 0.1) is 0 Å². The average molecular weight is 422 g/mol. The fourth-order valence-electron chi connectivity index (χ4n) is 3.20. The third-order valence-corrected chi connectivity index (χ3v) is 6.50.